The van der Waals surface area contributed by atoms with E-state index in [0.29, 0.717) is 37.7 Å². The molecule has 0 bridgehead atoms. The van der Waals surface area contributed by atoms with Crippen LogP contribution >= 0.6 is 11.6 Å². The van der Waals surface area contributed by atoms with Gasteiger partial charge in [0.1, 0.15) is 11.9 Å². The van der Waals surface area contributed by atoms with Gasteiger partial charge in [-0.2, -0.15) is 0 Å². The van der Waals surface area contributed by atoms with Gasteiger partial charge in [0.15, 0.2) is 11.5 Å². The Labute approximate surface area is 160 Å². The molecule has 1 fully saturated rings. The van der Waals surface area contributed by atoms with Gasteiger partial charge in [0.05, 0.1) is 18.2 Å². The number of carbonyl (C=O) groups excluding carboxylic acids is 1. The lowest BCUT2D eigenvalue weighted by Crippen LogP contribution is -2.46. The van der Waals surface area contributed by atoms with Crippen molar-refractivity contribution < 1.29 is 23.4 Å². The van der Waals surface area contributed by atoms with Gasteiger partial charge in [0, 0.05) is 13.1 Å². The first-order valence-electron chi connectivity index (χ1n) is 8.58. The number of benzene rings is 2. The molecule has 1 saturated heterocycles. The van der Waals surface area contributed by atoms with E-state index in [1.807, 2.05) is 18.2 Å². The molecule has 142 valence electrons. The van der Waals surface area contributed by atoms with E-state index in [1.54, 1.807) is 11.0 Å². The van der Waals surface area contributed by atoms with Crippen molar-refractivity contribution in [2.24, 2.45) is 0 Å². The van der Waals surface area contributed by atoms with E-state index in [2.05, 4.69) is 5.32 Å². The first kappa shape index (κ1) is 17.9. The number of hydrogen-bond acceptors (Lipinski definition) is 4. The number of rotatable bonds is 3. The van der Waals surface area contributed by atoms with Crippen molar-refractivity contribution in [1.82, 2.24) is 10.2 Å². The topological polar surface area (TPSA) is 60.0 Å². The second-order valence-electron chi connectivity index (χ2n) is 6.33. The molecule has 1 atom stereocenters. The number of nitrogens with zero attached hydrogens (tertiary/aromatic N) is 1. The van der Waals surface area contributed by atoms with Crippen molar-refractivity contribution in [2.45, 2.75) is 12.6 Å². The van der Waals surface area contributed by atoms with Gasteiger partial charge in [0.2, 0.25) is 6.79 Å². The Bertz CT molecular complexity index is 864. The van der Waals surface area contributed by atoms with Gasteiger partial charge in [-0.05, 0) is 35.4 Å². The number of carbonyl (C=O) groups is 1. The molecule has 2 aromatic carbocycles. The normalized spacial score (nSPS) is 18.4. The first-order chi connectivity index (χ1) is 13.1. The molecule has 2 aromatic rings. The lowest BCUT2D eigenvalue weighted by molar-refractivity contribution is -0.0155. The monoisotopic (exact) mass is 392 g/mol. The van der Waals surface area contributed by atoms with Gasteiger partial charge in [-0.15, -0.1) is 0 Å². The van der Waals surface area contributed by atoms with Crippen molar-refractivity contribution in [3.63, 3.8) is 0 Å². The molecule has 0 spiro atoms. The third-order valence-electron chi connectivity index (χ3n) is 4.55. The maximum atomic E-state index is 13.4. The fourth-order valence-electron chi connectivity index (χ4n) is 3.09. The molecule has 4 rings (SSSR count). The zero-order valence-electron chi connectivity index (χ0n) is 14.4. The van der Waals surface area contributed by atoms with Gasteiger partial charge in [-0.1, -0.05) is 23.7 Å². The van der Waals surface area contributed by atoms with Gasteiger partial charge in [-0.25, -0.2) is 9.18 Å². The molecule has 1 N–H and O–H groups in total. The Morgan fingerprint density at radius 1 is 1.22 bits per heavy atom. The summed E-state index contributed by atoms with van der Waals surface area (Å²) in [7, 11) is 0. The minimum Gasteiger partial charge on any atom is -0.454 e. The lowest BCUT2D eigenvalue weighted by Gasteiger charge is -2.33. The van der Waals surface area contributed by atoms with E-state index < -0.39 is 5.82 Å². The molecule has 0 aliphatic carbocycles. The van der Waals surface area contributed by atoms with Gasteiger partial charge < -0.3 is 24.4 Å². The standard InChI is InChI=1S/C19H18ClFN2O4/c20-14-8-13(2-3-15(14)21)18-10-23(5-6-25-18)19(24)22-9-12-1-4-16-17(7-12)27-11-26-16/h1-4,7-8,18H,5-6,9-11H2,(H,22,24)/t18-/m0/s1. The molecule has 27 heavy (non-hydrogen) atoms. The molecule has 0 radical (unpaired) electrons. The minimum absolute atomic E-state index is 0.0421. The Morgan fingerprint density at radius 2 is 2.07 bits per heavy atom. The molecule has 8 heteroatoms. The minimum atomic E-state index is -0.477. The summed E-state index contributed by atoms with van der Waals surface area (Å²) < 4.78 is 29.7. The van der Waals surface area contributed by atoms with Crippen LogP contribution in [0.3, 0.4) is 0 Å². The second-order valence-corrected chi connectivity index (χ2v) is 6.73. The molecule has 2 amide bonds. The Hall–Kier alpha value is -2.51. The summed E-state index contributed by atoms with van der Waals surface area (Å²) in [5, 5.41) is 2.94. The van der Waals surface area contributed by atoms with Crippen LogP contribution < -0.4 is 14.8 Å². The molecule has 0 unspecified atom stereocenters. The molecule has 0 saturated carbocycles. The van der Waals surface area contributed by atoms with Crippen molar-refractivity contribution >= 4 is 17.6 Å². The predicted octanol–water partition coefficient (Wildman–Crippen LogP) is 3.49. The van der Waals surface area contributed by atoms with Crippen LogP contribution in [0.15, 0.2) is 36.4 Å². The molecule has 2 heterocycles. The Balaban J connectivity index is 1.36. The van der Waals surface area contributed by atoms with E-state index in [0.717, 1.165) is 11.1 Å². The number of fused-ring (bicyclic) bond motifs is 1. The van der Waals surface area contributed by atoms with E-state index >= 15 is 0 Å². The van der Waals surface area contributed by atoms with Gasteiger partial charge in [-0.3, -0.25) is 0 Å². The Morgan fingerprint density at radius 3 is 2.93 bits per heavy atom. The summed E-state index contributed by atoms with van der Waals surface area (Å²) >= 11 is 5.85. The fraction of sp³-hybridized carbons (Fsp3) is 0.316. The zero-order chi connectivity index (χ0) is 18.8. The van der Waals surface area contributed by atoms with Crippen LogP contribution in [-0.4, -0.2) is 37.4 Å². The number of amides is 2. The predicted molar refractivity (Wildman–Crippen MR) is 96.5 cm³/mol. The van der Waals surface area contributed by atoms with Crippen LogP contribution in [-0.2, 0) is 11.3 Å². The summed E-state index contributed by atoms with van der Waals surface area (Å²) in [5.41, 5.74) is 1.66. The number of nitrogens with one attached hydrogen (secondary N) is 1. The van der Waals surface area contributed by atoms with Crippen LogP contribution in [0.5, 0.6) is 11.5 Å². The van der Waals surface area contributed by atoms with Crippen LogP contribution in [0.4, 0.5) is 9.18 Å². The van der Waals surface area contributed by atoms with E-state index in [1.165, 1.54) is 12.1 Å². The van der Waals surface area contributed by atoms with E-state index in [4.69, 9.17) is 25.8 Å². The maximum Gasteiger partial charge on any atom is 0.317 e. The molecule has 0 aromatic heterocycles. The van der Waals surface area contributed by atoms with Gasteiger partial charge >= 0.3 is 6.03 Å². The number of halogens is 2. The first-order valence-corrected chi connectivity index (χ1v) is 8.96. The zero-order valence-corrected chi connectivity index (χ0v) is 15.2. The average molecular weight is 393 g/mol. The van der Waals surface area contributed by atoms with Crippen molar-refractivity contribution in [1.29, 1.82) is 0 Å². The summed E-state index contributed by atoms with van der Waals surface area (Å²) in [5.74, 6) is 0.912. The van der Waals surface area contributed by atoms with Crippen molar-refractivity contribution in [3.05, 3.63) is 58.4 Å². The second kappa shape index (κ2) is 7.62. The number of urea groups is 1. The summed E-state index contributed by atoms with van der Waals surface area (Å²) in [6, 6.07) is 9.85. The third-order valence-corrected chi connectivity index (χ3v) is 4.84. The fourth-order valence-corrected chi connectivity index (χ4v) is 3.28. The molecule has 6 nitrogen and oxygen atoms in total. The van der Waals surface area contributed by atoms with Crippen LogP contribution in [0, 0.1) is 5.82 Å². The quantitative estimate of drug-likeness (QED) is 0.868. The summed E-state index contributed by atoms with van der Waals surface area (Å²) in [4.78, 5) is 14.2. The maximum absolute atomic E-state index is 13.4. The largest absolute Gasteiger partial charge is 0.454 e. The van der Waals surface area contributed by atoms with Crippen molar-refractivity contribution in [3.8, 4) is 11.5 Å². The van der Waals surface area contributed by atoms with Crippen LogP contribution in [0.25, 0.3) is 0 Å². The number of hydrogen-bond donors (Lipinski definition) is 1. The van der Waals surface area contributed by atoms with Crippen molar-refractivity contribution in [2.75, 3.05) is 26.5 Å². The summed E-state index contributed by atoms with van der Waals surface area (Å²) in [6.45, 7) is 1.85. The molecule has 2 aliphatic rings. The SMILES string of the molecule is O=C(NCc1ccc2c(c1)OCO2)N1CCO[C@H](c2ccc(F)c(Cl)c2)C1. The Kier molecular flexibility index (Phi) is 5.05. The lowest BCUT2D eigenvalue weighted by atomic mass is 10.1. The van der Waals surface area contributed by atoms with E-state index in [9.17, 15) is 9.18 Å². The van der Waals surface area contributed by atoms with Crippen LogP contribution in [0.1, 0.15) is 17.2 Å². The number of morpholine rings is 1. The molecular weight excluding hydrogens is 375 g/mol. The third kappa shape index (κ3) is 3.94. The summed E-state index contributed by atoms with van der Waals surface area (Å²) in [6.07, 6.45) is -0.340. The average Bonchev–Trinajstić information content (AvgIpc) is 3.16. The molecular formula is C19H18ClFN2O4. The van der Waals surface area contributed by atoms with E-state index in [-0.39, 0.29) is 24.0 Å². The van der Waals surface area contributed by atoms with Crippen LogP contribution in [0.2, 0.25) is 5.02 Å². The number of ether oxygens (including phenoxy) is 3. The highest BCUT2D eigenvalue weighted by molar-refractivity contribution is 6.30. The van der Waals surface area contributed by atoms with Gasteiger partial charge in [0.25, 0.3) is 0 Å². The highest BCUT2D eigenvalue weighted by Gasteiger charge is 2.26. The molecule has 2 aliphatic heterocycles. The highest BCUT2D eigenvalue weighted by Crippen LogP contribution is 2.32. The highest BCUT2D eigenvalue weighted by atomic mass is 35.5. The smallest absolute Gasteiger partial charge is 0.317 e.